The van der Waals surface area contributed by atoms with Gasteiger partial charge in [0.1, 0.15) is 0 Å². The summed E-state index contributed by atoms with van der Waals surface area (Å²) in [6.07, 6.45) is 4.66. The summed E-state index contributed by atoms with van der Waals surface area (Å²) in [5.74, 6) is -0.549. The van der Waals surface area contributed by atoms with Crippen LogP contribution in [0.3, 0.4) is 0 Å². The van der Waals surface area contributed by atoms with Crippen molar-refractivity contribution in [2.75, 3.05) is 6.54 Å². The van der Waals surface area contributed by atoms with Gasteiger partial charge in [-0.1, -0.05) is 52.3 Å². The van der Waals surface area contributed by atoms with E-state index in [0.29, 0.717) is 5.56 Å². The fourth-order valence-corrected chi connectivity index (χ4v) is 4.24. The highest BCUT2D eigenvalue weighted by Gasteiger charge is 2.26. The Hall–Kier alpha value is -2.88. The first-order chi connectivity index (χ1) is 14.4. The number of carbonyl (C=O) groups excluding carboxylic acids is 1. The smallest absolute Gasteiger partial charge is 0.255 e. The molecule has 0 atom stereocenters. The van der Waals surface area contributed by atoms with Crippen molar-refractivity contribution in [2.24, 2.45) is 5.10 Å². The number of rotatable bonds is 8. The highest BCUT2D eigenvalue weighted by molar-refractivity contribution is 9.10. The minimum absolute atomic E-state index is 0.0545. The van der Waals surface area contributed by atoms with Crippen LogP contribution < -0.4 is 5.43 Å². The van der Waals surface area contributed by atoms with Gasteiger partial charge in [0.05, 0.1) is 17.7 Å². The standard InChI is InChI=1S/C21H19BrN4O3S/c22-19-8-10-20(11-9-19)30(28,29)26(15-17-5-2-1-3-6-17)16-21(27)25-24-14-18-7-4-12-23-13-18/h1-14H,15-16H2,(H,25,27)/b24-14-. The quantitative estimate of drug-likeness (QED) is 0.390. The molecule has 30 heavy (non-hydrogen) atoms. The molecular formula is C21H19BrN4O3S. The molecule has 1 N–H and O–H groups in total. The number of aromatic nitrogens is 1. The van der Waals surface area contributed by atoms with Crippen LogP contribution in [-0.4, -0.2) is 36.4 Å². The Kier molecular flexibility index (Phi) is 7.45. The van der Waals surface area contributed by atoms with Crippen LogP contribution in [0.25, 0.3) is 0 Å². The maximum absolute atomic E-state index is 13.2. The van der Waals surface area contributed by atoms with Crippen molar-refractivity contribution in [3.63, 3.8) is 0 Å². The molecule has 9 heteroatoms. The molecule has 0 aliphatic rings. The van der Waals surface area contributed by atoms with Gasteiger partial charge in [-0.15, -0.1) is 0 Å². The molecule has 0 fully saturated rings. The zero-order valence-electron chi connectivity index (χ0n) is 15.8. The number of nitrogens with one attached hydrogen (secondary N) is 1. The molecule has 0 bridgehead atoms. The Morgan fingerprint density at radius 3 is 2.47 bits per heavy atom. The predicted octanol–water partition coefficient (Wildman–Crippen LogP) is 3.19. The van der Waals surface area contributed by atoms with E-state index in [0.717, 1.165) is 14.3 Å². The van der Waals surface area contributed by atoms with Gasteiger partial charge in [0, 0.05) is 29.0 Å². The van der Waals surface area contributed by atoms with Gasteiger partial charge in [0.2, 0.25) is 10.0 Å². The van der Waals surface area contributed by atoms with E-state index in [2.05, 4.69) is 31.4 Å². The minimum atomic E-state index is -3.90. The van der Waals surface area contributed by atoms with Crippen LogP contribution in [-0.2, 0) is 21.4 Å². The van der Waals surface area contributed by atoms with Gasteiger partial charge in [-0.2, -0.15) is 9.41 Å². The first-order valence-corrected chi connectivity index (χ1v) is 11.2. The molecule has 0 radical (unpaired) electrons. The Bertz CT molecular complexity index is 1110. The molecule has 0 saturated carbocycles. The molecule has 0 spiro atoms. The molecule has 1 aromatic heterocycles. The van der Waals surface area contributed by atoms with Crippen molar-refractivity contribution in [3.8, 4) is 0 Å². The zero-order valence-corrected chi connectivity index (χ0v) is 18.3. The topological polar surface area (TPSA) is 91.7 Å². The summed E-state index contributed by atoms with van der Waals surface area (Å²) in [4.78, 5) is 16.5. The first-order valence-electron chi connectivity index (χ1n) is 8.97. The number of halogens is 1. The summed E-state index contributed by atoms with van der Waals surface area (Å²) >= 11 is 3.30. The van der Waals surface area contributed by atoms with Crippen LogP contribution in [0.5, 0.6) is 0 Å². The van der Waals surface area contributed by atoms with Crippen molar-refractivity contribution in [1.82, 2.24) is 14.7 Å². The number of benzene rings is 2. The lowest BCUT2D eigenvalue weighted by Crippen LogP contribution is -2.39. The highest BCUT2D eigenvalue weighted by Crippen LogP contribution is 2.20. The highest BCUT2D eigenvalue weighted by atomic mass is 79.9. The van der Waals surface area contributed by atoms with Gasteiger partial charge >= 0.3 is 0 Å². The van der Waals surface area contributed by atoms with Gasteiger partial charge in [-0.05, 0) is 35.9 Å². The second-order valence-corrected chi connectivity index (χ2v) is 9.15. The normalized spacial score (nSPS) is 11.7. The van der Waals surface area contributed by atoms with E-state index in [-0.39, 0.29) is 18.0 Å². The third-order valence-corrected chi connectivity index (χ3v) is 6.39. The maximum Gasteiger partial charge on any atom is 0.255 e. The van der Waals surface area contributed by atoms with E-state index in [1.165, 1.54) is 18.3 Å². The maximum atomic E-state index is 13.2. The molecule has 1 heterocycles. The lowest BCUT2D eigenvalue weighted by atomic mass is 10.2. The summed E-state index contributed by atoms with van der Waals surface area (Å²) in [5, 5.41) is 3.88. The Morgan fingerprint density at radius 2 is 1.80 bits per heavy atom. The third-order valence-electron chi connectivity index (χ3n) is 4.06. The van der Waals surface area contributed by atoms with E-state index >= 15 is 0 Å². The van der Waals surface area contributed by atoms with Gasteiger partial charge in [-0.3, -0.25) is 9.78 Å². The molecule has 0 unspecified atom stereocenters. The lowest BCUT2D eigenvalue weighted by Gasteiger charge is -2.21. The van der Waals surface area contributed by atoms with Crippen LogP contribution in [0.15, 0.2) is 93.6 Å². The molecule has 154 valence electrons. The lowest BCUT2D eigenvalue weighted by molar-refractivity contribution is -0.121. The zero-order chi connectivity index (χ0) is 21.4. The van der Waals surface area contributed by atoms with E-state index in [4.69, 9.17) is 0 Å². The first kappa shape index (κ1) is 21.8. The molecule has 1 amide bonds. The second-order valence-electron chi connectivity index (χ2n) is 6.29. The van der Waals surface area contributed by atoms with Crippen molar-refractivity contribution in [2.45, 2.75) is 11.4 Å². The fraction of sp³-hybridized carbons (Fsp3) is 0.0952. The second kappa shape index (κ2) is 10.2. The molecule has 2 aromatic carbocycles. The van der Waals surface area contributed by atoms with Gasteiger partial charge < -0.3 is 0 Å². The number of hydrogen-bond acceptors (Lipinski definition) is 5. The van der Waals surface area contributed by atoms with E-state index in [1.54, 1.807) is 36.7 Å². The SMILES string of the molecule is O=C(CN(Cc1ccccc1)S(=O)(=O)c1ccc(Br)cc1)N/N=C\c1cccnc1. The summed E-state index contributed by atoms with van der Waals surface area (Å²) in [6.45, 7) is -0.323. The molecule has 0 aliphatic carbocycles. The summed E-state index contributed by atoms with van der Waals surface area (Å²) < 4.78 is 28.2. The van der Waals surface area contributed by atoms with Crippen LogP contribution in [0.2, 0.25) is 0 Å². The summed E-state index contributed by atoms with van der Waals surface area (Å²) in [6, 6.07) is 18.9. The number of carbonyl (C=O) groups is 1. The number of pyridine rings is 1. The molecule has 7 nitrogen and oxygen atoms in total. The van der Waals surface area contributed by atoms with Crippen molar-refractivity contribution in [1.29, 1.82) is 0 Å². The third kappa shape index (κ3) is 6.06. The molecule has 3 aromatic rings. The number of hydrazone groups is 1. The van der Waals surface area contributed by atoms with Gasteiger partial charge in [0.25, 0.3) is 5.91 Å². The number of nitrogens with zero attached hydrogens (tertiary/aromatic N) is 3. The molecular weight excluding hydrogens is 468 g/mol. The largest absolute Gasteiger partial charge is 0.272 e. The Labute approximate surface area is 183 Å². The van der Waals surface area contributed by atoms with E-state index in [9.17, 15) is 13.2 Å². The van der Waals surface area contributed by atoms with E-state index < -0.39 is 15.9 Å². The monoisotopic (exact) mass is 486 g/mol. The molecule has 0 saturated heterocycles. The van der Waals surface area contributed by atoms with Crippen molar-refractivity contribution in [3.05, 3.63) is 94.7 Å². The minimum Gasteiger partial charge on any atom is -0.272 e. The van der Waals surface area contributed by atoms with Crippen molar-refractivity contribution >= 4 is 38.1 Å². The van der Waals surface area contributed by atoms with Crippen molar-refractivity contribution < 1.29 is 13.2 Å². The van der Waals surface area contributed by atoms with Crippen LogP contribution in [0, 0.1) is 0 Å². The van der Waals surface area contributed by atoms with Crippen LogP contribution in [0.1, 0.15) is 11.1 Å². The summed E-state index contributed by atoms with van der Waals surface area (Å²) in [7, 11) is -3.90. The van der Waals surface area contributed by atoms with Crippen LogP contribution >= 0.6 is 15.9 Å². The van der Waals surface area contributed by atoms with Gasteiger partial charge in [0.15, 0.2) is 0 Å². The average molecular weight is 487 g/mol. The Morgan fingerprint density at radius 1 is 1.07 bits per heavy atom. The van der Waals surface area contributed by atoms with Crippen LogP contribution in [0.4, 0.5) is 0 Å². The predicted molar refractivity (Wildman–Crippen MR) is 118 cm³/mol. The Balaban J connectivity index is 1.77. The molecule has 0 aliphatic heterocycles. The number of sulfonamides is 1. The summed E-state index contributed by atoms with van der Waals surface area (Å²) in [5.41, 5.74) is 3.85. The fourth-order valence-electron chi connectivity index (χ4n) is 2.60. The number of amides is 1. The number of hydrogen-bond donors (Lipinski definition) is 1. The van der Waals surface area contributed by atoms with E-state index in [1.807, 2.05) is 30.3 Å². The van der Waals surface area contributed by atoms with Gasteiger partial charge in [-0.25, -0.2) is 13.8 Å². The average Bonchev–Trinajstić information content (AvgIpc) is 2.75. The molecule has 3 rings (SSSR count).